The van der Waals surface area contributed by atoms with Crippen LogP contribution in [0.1, 0.15) is 5.56 Å². The van der Waals surface area contributed by atoms with E-state index in [9.17, 15) is 10.1 Å². The van der Waals surface area contributed by atoms with Crippen molar-refractivity contribution in [3.8, 4) is 11.8 Å². The van der Waals surface area contributed by atoms with Crippen molar-refractivity contribution < 1.29 is 14.3 Å². The quantitative estimate of drug-likeness (QED) is 0.902. The zero-order valence-corrected chi connectivity index (χ0v) is 12.4. The van der Waals surface area contributed by atoms with Crippen molar-refractivity contribution in [2.45, 2.75) is 12.1 Å². The third-order valence-corrected chi connectivity index (χ3v) is 4.31. The predicted molar refractivity (Wildman–Crippen MR) is 82.4 cm³/mol. The molecular weight excluding hydrogens is 296 g/mol. The SMILES string of the molecule is COc1cc2c(N3C[C@@H]4OC(=O)N[C@@H]4C3)nccc2cc1C#N. The predicted octanol–water partition coefficient (Wildman–Crippen LogP) is 1.41. The first-order valence-electron chi connectivity index (χ1n) is 7.28. The van der Waals surface area contributed by atoms with Gasteiger partial charge in [0.2, 0.25) is 0 Å². The molecule has 0 radical (unpaired) electrons. The minimum Gasteiger partial charge on any atom is -0.495 e. The summed E-state index contributed by atoms with van der Waals surface area (Å²) in [5, 5.41) is 13.9. The molecule has 0 aliphatic carbocycles. The Labute approximate surface area is 132 Å². The first-order valence-corrected chi connectivity index (χ1v) is 7.28. The minimum absolute atomic E-state index is 0.0140. The van der Waals surface area contributed by atoms with Gasteiger partial charge in [0.25, 0.3) is 0 Å². The molecular formula is C16H14N4O3. The van der Waals surface area contributed by atoms with E-state index < -0.39 is 0 Å². The number of nitrogens with one attached hydrogen (secondary N) is 1. The maximum Gasteiger partial charge on any atom is 0.407 e. The zero-order chi connectivity index (χ0) is 16.0. The van der Waals surface area contributed by atoms with Gasteiger partial charge in [-0.15, -0.1) is 0 Å². The molecule has 1 aromatic heterocycles. The molecule has 7 nitrogen and oxygen atoms in total. The van der Waals surface area contributed by atoms with Crippen molar-refractivity contribution in [1.82, 2.24) is 10.3 Å². The fraction of sp³-hybridized carbons (Fsp3) is 0.312. The number of nitriles is 1. The molecule has 23 heavy (non-hydrogen) atoms. The number of alkyl carbamates (subject to hydrolysis) is 1. The van der Waals surface area contributed by atoms with Gasteiger partial charge in [-0.1, -0.05) is 0 Å². The van der Waals surface area contributed by atoms with Crippen LogP contribution < -0.4 is 15.0 Å². The fourth-order valence-electron chi connectivity index (χ4n) is 3.22. The van der Waals surface area contributed by atoms with E-state index in [0.29, 0.717) is 24.4 Å². The van der Waals surface area contributed by atoms with E-state index in [-0.39, 0.29) is 18.2 Å². The first kappa shape index (κ1) is 13.6. The van der Waals surface area contributed by atoms with Gasteiger partial charge in [-0.05, 0) is 23.6 Å². The van der Waals surface area contributed by atoms with Gasteiger partial charge in [0.15, 0.2) is 0 Å². The smallest absolute Gasteiger partial charge is 0.407 e. The molecule has 1 N–H and O–H groups in total. The van der Waals surface area contributed by atoms with E-state index in [1.807, 2.05) is 12.1 Å². The lowest BCUT2D eigenvalue weighted by Crippen LogP contribution is -2.32. The number of fused-ring (bicyclic) bond motifs is 2. The van der Waals surface area contributed by atoms with Crippen LogP contribution in [0.3, 0.4) is 0 Å². The second-order valence-electron chi connectivity index (χ2n) is 5.62. The molecule has 116 valence electrons. The monoisotopic (exact) mass is 310 g/mol. The molecule has 0 bridgehead atoms. The van der Waals surface area contributed by atoms with Crippen LogP contribution in [0.15, 0.2) is 24.4 Å². The van der Waals surface area contributed by atoms with E-state index in [2.05, 4.69) is 21.3 Å². The molecule has 3 heterocycles. The van der Waals surface area contributed by atoms with Crippen LogP contribution in [-0.2, 0) is 4.74 Å². The summed E-state index contributed by atoms with van der Waals surface area (Å²) in [6.45, 7) is 1.24. The zero-order valence-electron chi connectivity index (χ0n) is 12.4. The molecule has 2 aliphatic rings. The summed E-state index contributed by atoms with van der Waals surface area (Å²) in [5.74, 6) is 1.33. The van der Waals surface area contributed by atoms with Gasteiger partial charge >= 0.3 is 6.09 Å². The highest BCUT2D eigenvalue weighted by Crippen LogP contribution is 2.33. The molecule has 2 fully saturated rings. The number of carbonyl (C=O) groups excluding carboxylic acids is 1. The molecule has 0 saturated carbocycles. The molecule has 2 aliphatic heterocycles. The lowest BCUT2D eigenvalue weighted by molar-refractivity contribution is 0.144. The summed E-state index contributed by atoms with van der Waals surface area (Å²) in [6.07, 6.45) is 1.21. The lowest BCUT2D eigenvalue weighted by atomic mass is 10.1. The largest absolute Gasteiger partial charge is 0.495 e. The van der Waals surface area contributed by atoms with Crippen LogP contribution in [0.2, 0.25) is 0 Å². The number of amides is 1. The first-order chi connectivity index (χ1) is 11.2. The molecule has 2 aromatic rings. The number of hydrogen-bond donors (Lipinski definition) is 1. The van der Waals surface area contributed by atoms with E-state index in [4.69, 9.17) is 9.47 Å². The Balaban J connectivity index is 1.76. The third kappa shape index (κ3) is 2.11. The Morgan fingerprint density at radius 2 is 2.35 bits per heavy atom. The van der Waals surface area contributed by atoms with Gasteiger partial charge < -0.3 is 19.7 Å². The maximum absolute atomic E-state index is 11.3. The molecule has 2 saturated heterocycles. The number of hydrogen-bond acceptors (Lipinski definition) is 6. The molecule has 0 unspecified atom stereocenters. The van der Waals surface area contributed by atoms with Gasteiger partial charge in [0.05, 0.1) is 25.3 Å². The Bertz CT molecular complexity index is 829. The van der Waals surface area contributed by atoms with Crippen LogP contribution in [-0.4, -0.2) is 43.4 Å². The molecule has 1 aromatic carbocycles. The minimum atomic E-state index is -0.356. The van der Waals surface area contributed by atoms with Gasteiger partial charge in [0.1, 0.15) is 23.7 Å². The van der Waals surface area contributed by atoms with E-state index in [0.717, 1.165) is 16.6 Å². The number of pyridine rings is 1. The Kier molecular flexibility index (Phi) is 2.98. The Morgan fingerprint density at radius 1 is 1.48 bits per heavy atom. The number of rotatable bonds is 2. The number of benzene rings is 1. The van der Waals surface area contributed by atoms with Crippen molar-refractivity contribution >= 4 is 22.7 Å². The highest BCUT2D eigenvalue weighted by atomic mass is 16.6. The van der Waals surface area contributed by atoms with Crippen LogP contribution in [0.25, 0.3) is 10.8 Å². The van der Waals surface area contributed by atoms with Crippen molar-refractivity contribution in [1.29, 1.82) is 5.26 Å². The number of ether oxygens (including phenoxy) is 2. The number of carbonyl (C=O) groups is 1. The van der Waals surface area contributed by atoms with Crippen LogP contribution in [0.5, 0.6) is 5.75 Å². The normalized spacial score (nSPS) is 22.4. The van der Waals surface area contributed by atoms with E-state index in [1.165, 1.54) is 0 Å². The summed E-state index contributed by atoms with van der Waals surface area (Å²) in [6, 6.07) is 7.63. The van der Waals surface area contributed by atoms with Crippen LogP contribution in [0.4, 0.5) is 10.6 Å². The van der Waals surface area contributed by atoms with Gasteiger partial charge in [-0.2, -0.15) is 5.26 Å². The topological polar surface area (TPSA) is 87.5 Å². The second kappa shape index (κ2) is 5.02. The Morgan fingerprint density at radius 3 is 3.09 bits per heavy atom. The summed E-state index contributed by atoms with van der Waals surface area (Å²) < 4.78 is 10.5. The number of aromatic nitrogens is 1. The van der Waals surface area contributed by atoms with E-state index in [1.54, 1.807) is 19.4 Å². The van der Waals surface area contributed by atoms with Crippen molar-refractivity contribution in [2.24, 2.45) is 0 Å². The van der Waals surface area contributed by atoms with Gasteiger partial charge in [-0.25, -0.2) is 9.78 Å². The lowest BCUT2D eigenvalue weighted by Gasteiger charge is -2.20. The van der Waals surface area contributed by atoms with Crippen LogP contribution in [0, 0.1) is 11.3 Å². The Hall–Kier alpha value is -3.01. The van der Waals surface area contributed by atoms with Crippen molar-refractivity contribution in [2.75, 3.05) is 25.1 Å². The third-order valence-electron chi connectivity index (χ3n) is 4.31. The standard InChI is InChI=1S/C16H14N4O3/c1-22-13-5-11-9(4-10(13)6-17)2-3-18-15(11)20-7-12-14(8-20)23-16(21)19-12/h2-5,12,14H,7-8H2,1H3,(H,19,21)/t12-,14+/m1/s1. The molecule has 4 rings (SSSR count). The fourth-order valence-corrected chi connectivity index (χ4v) is 3.22. The summed E-state index contributed by atoms with van der Waals surface area (Å²) >= 11 is 0. The maximum atomic E-state index is 11.3. The van der Waals surface area contributed by atoms with Crippen molar-refractivity contribution in [3.05, 3.63) is 30.0 Å². The van der Waals surface area contributed by atoms with Gasteiger partial charge in [0, 0.05) is 18.1 Å². The highest BCUT2D eigenvalue weighted by molar-refractivity contribution is 5.94. The number of nitrogens with zero attached hydrogens (tertiary/aromatic N) is 3. The molecule has 0 spiro atoms. The summed E-state index contributed by atoms with van der Waals surface area (Å²) in [4.78, 5) is 17.8. The average molecular weight is 310 g/mol. The molecule has 1 amide bonds. The average Bonchev–Trinajstić information content (AvgIpc) is 3.10. The van der Waals surface area contributed by atoms with Crippen LogP contribution >= 0.6 is 0 Å². The highest BCUT2D eigenvalue weighted by Gasteiger charge is 2.42. The van der Waals surface area contributed by atoms with E-state index >= 15 is 0 Å². The molecule has 7 heteroatoms. The molecule has 2 atom stereocenters. The van der Waals surface area contributed by atoms with Gasteiger partial charge in [-0.3, -0.25) is 0 Å². The number of anilines is 1. The summed E-state index contributed by atoms with van der Waals surface area (Å²) in [5.41, 5.74) is 0.492. The summed E-state index contributed by atoms with van der Waals surface area (Å²) in [7, 11) is 1.54. The number of methoxy groups -OCH3 is 1. The van der Waals surface area contributed by atoms with Crippen molar-refractivity contribution in [3.63, 3.8) is 0 Å². The second-order valence-corrected chi connectivity index (χ2v) is 5.62.